The third-order valence-corrected chi connectivity index (χ3v) is 9.15. The van der Waals surface area contributed by atoms with Crippen LogP contribution in [0.25, 0.3) is 0 Å². The molecule has 4 N–H and O–H groups in total. The second-order valence-electron chi connectivity index (χ2n) is 12.5. The zero-order chi connectivity index (χ0) is 37.1. The van der Waals surface area contributed by atoms with Gasteiger partial charge in [0.25, 0.3) is 11.8 Å². The Kier molecular flexibility index (Phi) is 14.4. The van der Waals surface area contributed by atoms with Gasteiger partial charge in [0.2, 0.25) is 23.6 Å². The Labute approximate surface area is 290 Å². The summed E-state index contributed by atoms with van der Waals surface area (Å²) in [6.07, 6.45) is 1.36. The summed E-state index contributed by atoms with van der Waals surface area (Å²) in [4.78, 5) is 83.2. The van der Waals surface area contributed by atoms with E-state index >= 15 is 0 Å². The molecule has 6 amide bonds. The van der Waals surface area contributed by atoms with Crippen molar-refractivity contribution >= 4 is 35.4 Å². The zero-order valence-electron chi connectivity index (χ0n) is 28.9. The predicted molar refractivity (Wildman–Crippen MR) is 178 cm³/mol. The third-order valence-electron chi connectivity index (χ3n) is 9.15. The minimum absolute atomic E-state index is 0.218. The largest absolute Gasteiger partial charge is 0.352 e. The zero-order valence-corrected chi connectivity index (χ0v) is 28.9. The third kappa shape index (κ3) is 10.1. The van der Waals surface area contributed by atoms with Crippen molar-refractivity contribution in [3.8, 4) is 0 Å². The predicted octanol–water partition coefficient (Wildman–Crippen LogP) is 2.03. The molecule has 0 saturated carbocycles. The molecule has 272 valence electrons. The van der Waals surface area contributed by atoms with Gasteiger partial charge in [-0.15, -0.1) is 0 Å². The fraction of sp³-hybridized carbons (Fsp3) is 0.486. The van der Waals surface area contributed by atoms with E-state index in [0.29, 0.717) is 25.3 Å². The first kappa shape index (κ1) is 39.5. The SMILES string of the molecule is CCC(C)[C@@H](C(=O)N[C@@H](CCNC(=O)c1cc(F)cc(F)c1)C(=O)NO)N(C)C(=O)[C@@H]1CCCN1C(=O)[C@H](Cc1ccccc1)N(C)C(C)=O. The summed E-state index contributed by atoms with van der Waals surface area (Å²) < 4.78 is 27.1. The van der Waals surface area contributed by atoms with E-state index in [9.17, 15) is 42.8 Å². The lowest BCUT2D eigenvalue weighted by molar-refractivity contribution is -0.151. The maximum absolute atomic E-state index is 14.1. The summed E-state index contributed by atoms with van der Waals surface area (Å²) >= 11 is 0. The van der Waals surface area contributed by atoms with Crippen LogP contribution in [0.2, 0.25) is 0 Å². The summed E-state index contributed by atoms with van der Waals surface area (Å²) in [6.45, 7) is 5.00. The lowest BCUT2D eigenvalue weighted by Crippen LogP contribution is -2.59. The average Bonchev–Trinajstić information content (AvgIpc) is 3.58. The molecular formula is C35H46F2N6O7. The maximum Gasteiger partial charge on any atom is 0.265 e. The highest BCUT2D eigenvalue weighted by Crippen LogP contribution is 2.25. The molecule has 5 atom stereocenters. The molecule has 1 aliphatic heterocycles. The van der Waals surface area contributed by atoms with E-state index < -0.39 is 65.3 Å². The highest BCUT2D eigenvalue weighted by Gasteiger charge is 2.43. The molecule has 50 heavy (non-hydrogen) atoms. The van der Waals surface area contributed by atoms with Crippen molar-refractivity contribution in [1.82, 2.24) is 30.8 Å². The number of halogens is 2. The van der Waals surface area contributed by atoms with Crippen LogP contribution in [-0.4, -0.2) is 107 Å². The summed E-state index contributed by atoms with van der Waals surface area (Å²) in [5, 5.41) is 14.3. The summed E-state index contributed by atoms with van der Waals surface area (Å²) in [5.41, 5.74) is 2.04. The van der Waals surface area contributed by atoms with Gasteiger partial charge in [0.15, 0.2) is 0 Å². The number of hydrogen-bond acceptors (Lipinski definition) is 7. The van der Waals surface area contributed by atoms with E-state index in [4.69, 9.17) is 0 Å². The number of rotatable bonds is 15. The van der Waals surface area contributed by atoms with Gasteiger partial charge < -0.3 is 25.3 Å². The van der Waals surface area contributed by atoms with Crippen molar-refractivity contribution < 1.29 is 42.8 Å². The first-order valence-electron chi connectivity index (χ1n) is 16.5. The van der Waals surface area contributed by atoms with Gasteiger partial charge in [0.05, 0.1) is 0 Å². The van der Waals surface area contributed by atoms with Gasteiger partial charge in [0.1, 0.15) is 35.8 Å². The molecule has 1 saturated heterocycles. The number of nitrogens with zero attached hydrogens (tertiary/aromatic N) is 3. The molecule has 0 radical (unpaired) electrons. The van der Waals surface area contributed by atoms with Gasteiger partial charge in [-0.2, -0.15) is 0 Å². The van der Waals surface area contributed by atoms with Crippen LogP contribution in [0.4, 0.5) is 8.78 Å². The first-order valence-corrected chi connectivity index (χ1v) is 16.5. The minimum Gasteiger partial charge on any atom is -0.352 e. The van der Waals surface area contributed by atoms with Gasteiger partial charge in [-0.05, 0) is 42.9 Å². The Bertz CT molecular complexity index is 1520. The number of carbonyl (C=O) groups is 6. The number of hydroxylamine groups is 1. The molecule has 15 heteroatoms. The highest BCUT2D eigenvalue weighted by molar-refractivity contribution is 5.96. The monoisotopic (exact) mass is 700 g/mol. The Morgan fingerprint density at radius 3 is 2.20 bits per heavy atom. The van der Waals surface area contributed by atoms with Crippen LogP contribution in [0, 0.1) is 17.6 Å². The molecule has 1 unspecified atom stereocenters. The second-order valence-corrected chi connectivity index (χ2v) is 12.5. The average molecular weight is 701 g/mol. The number of hydrogen-bond donors (Lipinski definition) is 4. The molecule has 1 fully saturated rings. The van der Waals surface area contributed by atoms with Crippen molar-refractivity contribution in [2.24, 2.45) is 5.92 Å². The van der Waals surface area contributed by atoms with Gasteiger partial charge in [-0.3, -0.25) is 34.0 Å². The number of carbonyl (C=O) groups excluding carboxylic acids is 6. The van der Waals surface area contributed by atoms with E-state index in [0.717, 1.165) is 17.7 Å². The molecule has 1 heterocycles. The first-order chi connectivity index (χ1) is 23.7. The van der Waals surface area contributed by atoms with E-state index in [-0.39, 0.29) is 43.3 Å². The summed E-state index contributed by atoms with van der Waals surface area (Å²) in [6, 6.07) is 7.30. The molecule has 0 aromatic heterocycles. The van der Waals surface area contributed by atoms with Gasteiger partial charge >= 0.3 is 0 Å². The highest BCUT2D eigenvalue weighted by atomic mass is 19.1. The van der Waals surface area contributed by atoms with Crippen LogP contribution in [-0.2, 0) is 30.4 Å². The number of likely N-dealkylation sites (tertiary alicyclic amines) is 1. The van der Waals surface area contributed by atoms with Crippen molar-refractivity contribution in [3.05, 3.63) is 71.3 Å². The number of benzene rings is 2. The molecular weight excluding hydrogens is 654 g/mol. The van der Waals surface area contributed by atoms with Crippen molar-refractivity contribution in [2.75, 3.05) is 27.2 Å². The fourth-order valence-corrected chi connectivity index (χ4v) is 6.06. The quantitative estimate of drug-likeness (QED) is 0.163. The van der Waals surface area contributed by atoms with E-state index in [1.165, 1.54) is 34.2 Å². The topological polar surface area (TPSA) is 168 Å². The Balaban J connectivity index is 1.76. The van der Waals surface area contributed by atoms with Gasteiger partial charge in [0, 0.05) is 52.2 Å². The molecule has 13 nitrogen and oxygen atoms in total. The normalized spacial score (nSPS) is 16.4. The van der Waals surface area contributed by atoms with Crippen molar-refractivity contribution in [2.45, 2.75) is 77.0 Å². The van der Waals surface area contributed by atoms with E-state index in [2.05, 4.69) is 10.6 Å². The fourth-order valence-electron chi connectivity index (χ4n) is 6.06. The molecule has 1 aliphatic rings. The summed E-state index contributed by atoms with van der Waals surface area (Å²) in [7, 11) is 2.99. The number of likely N-dealkylation sites (N-methyl/N-ethyl adjacent to an activating group) is 2. The van der Waals surface area contributed by atoms with Crippen molar-refractivity contribution in [3.63, 3.8) is 0 Å². The lowest BCUT2D eigenvalue weighted by atomic mass is 9.95. The van der Waals surface area contributed by atoms with Crippen LogP contribution in [0.5, 0.6) is 0 Å². The Hall–Kier alpha value is -4.92. The van der Waals surface area contributed by atoms with Crippen LogP contribution >= 0.6 is 0 Å². The minimum atomic E-state index is -1.36. The lowest BCUT2D eigenvalue weighted by Gasteiger charge is -2.37. The molecule has 0 aliphatic carbocycles. The Morgan fingerprint density at radius 2 is 1.62 bits per heavy atom. The number of amides is 6. The summed E-state index contributed by atoms with van der Waals surface area (Å²) in [5.74, 6) is -6.02. The molecule has 0 bridgehead atoms. The molecule has 2 aromatic rings. The molecule has 0 spiro atoms. The standard InChI is InChI=1S/C35H46F2N6O7/c1-6-21(2)30(33(47)39-27(32(46)40-50)14-15-38-31(45)24-18-25(36)20-26(37)19-24)42(5)34(48)28-13-10-16-43(28)35(49)29(41(4)22(3)44)17-23-11-8-7-9-12-23/h7-9,11-12,18-21,27-30,50H,6,10,13-17H2,1-5H3,(H,38,45)(H,39,47)(H,40,46)/t21?,27-,28-,29-,30-/m0/s1. The van der Waals surface area contributed by atoms with Crippen molar-refractivity contribution in [1.29, 1.82) is 0 Å². The van der Waals surface area contributed by atoms with E-state index in [1.54, 1.807) is 14.0 Å². The van der Waals surface area contributed by atoms with Gasteiger partial charge in [-0.1, -0.05) is 50.6 Å². The molecule has 3 rings (SSSR count). The smallest absolute Gasteiger partial charge is 0.265 e. The van der Waals surface area contributed by atoms with Crippen LogP contribution in [0.1, 0.15) is 62.4 Å². The van der Waals surface area contributed by atoms with E-state index in [1.807, 2.05) is 37.3 Å². The number of nitrogens with one attached hydrogen (secondary N) is 3. The maximum atomic E-state index is 14.1. The second kappa shape index (κ2) is 18.2. The van der Waals surface area contributed by atoms with Crippen LogP contribution in [0.3, 0.4) is 0 Å². The molecule has 2 aromatic carbocycles. The Morgan fingerprint density at radius 1 is 0.980 bits per heavy atom. The van der Waals surface area contributed by atoms with Gasteiger partial charge in [-0.25, -0.2) is 14.3 Å². The van der Waals surface area contributed by atoms with Crippen LogP contribution in [0.15, 0.2) is 48.5 Å². The van der Waals surface area contributed by atoms with Crippen LogP contribution < -0.4 is 16.1 Å².